The minimum atomic E-state index is -0.324. The summed E-state index contributed by atoms with van der Waals surface area (Å²) in [6.07, 6.45) is 4.10. The van der Waals surface area contributed by atoms with E-state index in [9.17, 15) is 4.79 Å². The number of hydrogen-bond acceptors (Lipinski definition) is 4. The van der Waals surface area contributed by atoms with Crippen molar-refractivity contribution < 1.29 is 19.0 Å². The number of ether oxygens (including phenoxy) is 3. The largest absolute Gasteiger partial charge is 0.482 e. The van der Waals surface area contributed by atoms with Crippen molar-refractivity contribution in [1.29, 1.82) is 0 Å². The van der Waals surface area contributed by atoms with Gasteiger partial charge in [-0.2, -0.15) is 0 Å². The van der Waals surface area contributed by atoms with Gasteiger partial charge in [0.25, 0.3) is 0 Å². The molecule has 3 aromatic carbocycles. The number of hydrogen-bond donors (Lipinski definition) is 0. The predicted octanol–water partition coefficient (Wildman–Crippen LogP) is 6.14. The smallest absolute Gasteiger partial charge is 0.344 e. The Hall–Kier alpha value is -2.92. The predicted molar refractivity (Wildman–Crippen MR) is 120 cm³/mol. The normalized spacial score (nSPS) is 16.7. The first-order valence-electron chi connectivity index (χ1n) is 10.7. The fourth-order valence-corrected chi connectivity index (χ4v) is 6.44. The number of carbonyl (C=O) groups excluding carboxylic acids is 1. The highest BCUT2D eigenvalue weighted by atomic mass is 32.2. The summed E-state index contributed by atoms with van der Waals surface area (Å²) in [5.41, 5.74) is -0.324. The lowest BCUT2D eigenvalue weighted by atomic mass is 10.1. The van der Waals surface area contributed by atoms with Gasteiger partial charge in [0.05, 0.1) is 0 Å². The number of para-hydroxylation sites is 2. The van der Waals surface area contributed by atoms with Crippen molar-refractivity contribution in [2.24, 2.45) is 0 Å². The van der Waals surface area contributed by atoms with E-state index in [-0.39, 0.29) is 29.1 Å². The third kappa shape index (κ3) is 4.15. The van der Waals surface area contributed by atoms with Crippen LogP contribution in [-0.2, 0) is 20.4 Å². The Labute approximate surface area is 185 Å². The fourth-order valence-electron chi connectivity index (χ4n) is 4.24. The van der Waals surface area contributed by atoms with Crippen molar-refractivity contribution >= 4 is 16.9 Å². The van der Waals surface area contributed by atoms with Gasteiger partial charge in [-0.15, -0.1) is 0 Å². The van der Waals surface area contributed by atoms with Crippen LogP contribution in [0.5, 0.6) is 17.2 Å². The summed E-state index contributed by atoms with van der Waals surface area (Å²) < 4.78 is 17.5. The summed E-state index contributed by atoms with van der Waals surface area (Å²) in [6, 6.07) is 24.3. The molecule has 0 aromatic heterocycles. The van der Waals surface area contributed by atoms with E-state index in [1.54, 1.807) is 0 Å². The highest BCUT2D eigenvalue weighted by Gasteiger charge is 2.39. The molecule has 3 aromatic rings. The molecule has 158 valence electrons. The third-order valence-corrected chi connectivity index (χ3v) is 8.09. The van der Waals surface area contributed by atoms with E-state index in [4.69, 9.17) is 14.2 Å². The van der Waals surface area contributed by atoms with Gasteiger partial charge in [-0.3, -0.25) is 0 Å². The number of benzene rings is 3. The van der Waals surface area contributed by atoms with Gasteiger partial charge in [0, 0.05) is 0 Å². The zero-order chi connectivity index (χ0) is 21.3. The highest BCUT2D eigenvalue weighted by Crippen LogP contribution is 2.46. The molecule has 1 saturated carbocycles. The van der Waals surface area contributed by atoms with Crippen LogP contribution in [0.1, 0.15) is 32.6 Å². The third-order valence-electron chi connectivity index (χ3n) is 5.80. The Bertz CT molecular complexity index is 1040. The minimum absolute atomic E-state index is 0.0693. The van der Waals surface area contributed by atoms with E-state index in [1.165, 1.54) is 14.7 Å². The van der Waals surface area contributed by atoms with Crippen LogP contribution < -0.4 is 9.47 Å². The minimum Gasteiger partial charge on any atom is -0.482 e. The van der Waals surface area contributed by atoms with Crippen LogP contribution in [0.4, 0.5) is 0 Å². The molecule has 0 saturated heterocycles. The topological polar surface area (TPSA) is 44.8 Å². The lowest BCUT2D eigenvalue weighted by Gasteiger charge is -2.24. The van der Waals surface area contributed by atoms with Gasteiger partial charge in [0.2, 0.25) is 9.79 Å². The quantitative estimate of drug-likeness (QED) is 0.280. The van der Waals surface area contributed by atoms with Crippen LogP contribution in [0.15, 0.2) is 87.5 Å². The van der Waals surface area contributed by atoms with Crippen LogP contribution in [0.25, 0.3) is 0 Å². The molecule has 1 heterocycles. The molecule has 5 rings (SSSR count). The Morgan fingerprint density at radius 1 is 0.903 bits per heavy atom. The number of carbonyl (C=O) groups is 1. The molecule has 2 aliphatic rings. The number of fused-ring (bicyclic) bond motifs is 2. The van der Waals surface area contributed by atoms with Crippen molar-refractivity contribution in [3.8, 4) is 17.2 Å². The van der Waals surface area contributed by atoms with E-state index in [2.05, 4.69) is 24.3 Å². The van der Waals surface area contributed by atoms with Crippen molar-refractivity contribution in [2.45, 2.75) is 52.9 Å². The zero-order valence-electron chi connectivity index (χ0n) is 17.5. The molecule has 31 heavy (non-hydrogen) atoms. The maximum absolute atomic E-state index is 12.2. The average molecular weight is 434 g/mol. The average Bonchev–Trinajstić information content (AvgIpc) is 3.22. The van der Waals surface area contributed by atoms with Gasteiger partial charge in [-0.25, -0.2) is 4.79 Å². The van der Waals surface area contributed by atoms with Gasteiger partial charge >= 0.3 is 5.97 Å². The molecule has 5 heteroatoms. The van der Waals surface area contributed by atoms with Crippen LogP contribution in [0.2, 0.25) is 0 Å². The molecule has 0 unspecified atom stereocenters. The summed E-state index contributed by atoms with van der Waals surface area (Å²) in [4.78, 5) is 15.7. The lowest BCUT2D eigenvalue weighted by molar-refractivity contribution is -0.159. The van der Waals surface area contributed by atoms with Crippen LogP contribution in [0, 0.1) is 0 Å². The molecular weight excluding hydrogens is 408 g/mol. The summed E-state index contributed by atoms with van der Waals surface area (Å²) in [5.74, 6) is 2.15. The summed E-state index contributed by atoms with van der Waals surface area (Å²) in [6.45, 7) is 1.94. The van der Waals surface area contributed by atoms with Gasteiger partial charge in [-0.1, -0.05) is 24.3 Å². The van der Waals surface area contributed by atoms with E-state index >= 15 is 0 Å². The highest BCUT2D eigenvalue weighted by molar-refractivity contribution is 7.97. The molecule has 1 fully saturated rings. The number of esters is 1. The molecule has 0 radical (unpaired) electrons. The first-order chi connectivity index (χ1) is 15.1. The second kappa shape index (κ2) is 8.31. The lowest BCUT2D eigenvalue weighted by Crippen LogP contribution is -2.30. The monoisotopic (exact) mass is 433 g/mol. The summed E-state index contributed by atoms with van der Waals surface area (Å²) in [5, 5.41) is 0. The summed E-state index contributed by atoms with van der Waals surface area (Å²) in [7, 11) is -0.260. The van der Waals surface area contributed by atoms with Crippen LogP contribution in [0.3, 0.4) is 0 Å². The van der Waals surface area contributed by atoms with E-state index in [0.717, 1.165) is 37.2 Å². The molecule has 0 spiro atoms. The van der Waals surface area contributed by atoms with Gasteiger partial charge < -0.3 is 14.2 Å². The molecule has 4 nitrogen and oxygen atoms in total. The second-order valence-electron chi connectivity index (χ2n) is 8.19. The zero-order valence-corrected chi connectivity index (χ0v) is 18.3. The Morgan fingerprint density at radius 2 is 1.48 bits per heavy atom. The Balaban J connectivity index is 1.32. The first kappa shape index (κ1) is 20.0. The molecular formula is C26H25O4S+. The van der Waals surface area contributed by atoms with Gasteiger partial charge in [0.15, 0.2) is 23.0 Å². The SMILES string of the molecule is CC1(OC(=O)COc2ccc([S+]3c4ccccc4Oc4ccccc43)cc2)CCCC1. The van der Waals surface area contributed by atoms with Gasteiger partial charge in [0.1, 0.15) is 22.2 Å². The van der Waals surface area contributed by atoms with Crippen molar-refractivity contribution in [3.63, 3.8) is 0 Å². The van der Waals surface area contributed by atoms with E-state index < -0.39 is 0 Å². The number of rotatable bonds is 5. The fraction of sp³-hybridized carbons (Fsp3) is 0.269. The maximum atomic E-state index is 12.2. The maximum Gasteiger partial charge on any atom is 0.344 e. The molecule has 0 bridgehead atoms. The van der Waals surface area contributed by atoms with Crippen molar-refractivity contribution in [3.05, 3.63) is 72.8 Å². The van der Waals surface area contributed by atoms with E-state index in [0.29, 0.717) is 5.75 Å². The molecule has 0 atom stereocenters. The standard InChI is InChI=1S/C26H25O4S/c1-26(16-6-7-17-26)30-25(27)18-28-19-12-14-20(15-13-19)31-23-10-4-2-8-21(23)29-22-9-3-5-11-24(22)31/h2-5,8-15H,6-7,16-18H2,1H3/q+1. The molecule has 0 amide bonds. The Morgan fingerprint density at radius 3 is 2.10 bits per heavy atom. The molecule has 0 N–H and O–H groups in total. The first-order valence-corrected chi connectivity index (χ1v) is 11.9. The summed E-state index contributed by atoms with van der Waals surface area (Å²) >= 11 is 0. The van der Waals surface area contributed by atoms with Crippen molar-refractivity contribution in [2.75, 3.05) is 6.61 Å². The molecule has 1 aliphatic heterocycles. The van der Waals surface area contributed by atoms with Crippen molar-refractivity contribution in [1.82, 2.24) is 0 Å². The van der Waals surface area contributed by atoms with Gasteiger partial charge in [-0.05, 0) is 81.1 Å². The van der Waals surface area contributed by atoms with Crippen LogP contribution >= 0.6 is 0 Å². The molecule has 1 aliphatic carbocycles. The van der Waals surface area contributed by atoms with E-state index in [1.807, 2.05) is 55.5 Å². The second-order valence-corrected chi connectivity index (χ2v) is 10.2. The van der Waals surface area contributed by atoms with Crippen LogP contribution in [-0.4, -0.2) is 18.2 Å². The Kier molecular flexibility index (Phi) is 5.36.